The Labute approximate surface area is 83.8 Å². The zero-order chi connectivity index (χ0) is 9.97. The first-order valence-corrected chi connectivity index (χ1v) is 5.33. The van der Waals surface area contributed by atoms with E-state index in [-0.39, 0.29) is 25.2 Å². The Morgan fingerprint density at radius 1 is 1.43 bits per heavy atom. The van der Waals surface area contributed by atoms with Crippen molar-refractivity contribution < 1.29 is 14.6 Å². The molecule has 1 saturated carbocycles. The lowest BCUT2D eigenvalue weighted by atomic mass is 10.1. The standard InChI is InChI=1S/C10H17NO3/c12-6-9-5-11(10(13)7-14-9)8-3-1-2-4-8/h8-9,12H,1-7H2. The van der Waals surface area contributed by atoms with Gasteiger partial charge in [0, 0.05) is 12.6 Å². The van der Waals surface area contributed by atoms with E-state index < -0.39 is 0 Å². The third kappa shape index (κ3) is 1.91. The van der Waals surface area contributed by atoms with E-state index in [1.807, 2.05) is 4.90 Å². The molecule has 1 aliphatic heterocycles. The molecule has 80 valence electrons. The number of morpholine rings is 1. The summed E-state index contributed by atoms with van der Waals surface area (Å²) in [6, 6.07) is 0.403. The van der Waals surface area contributed by atoms with Crippen LogP contribution in [0.15, 0.2) is 0 Å². The molecule has 0 radical (unpaired) electrons. The summed E-state index contributed by atoms with van der Waals surface area (Å²) in [6.45, 7) is 0.720. The average molecular weight is 199 g/mol. The minimum absolute atomic E-state index is 0.0104. The summed E-state index contributed by atoms with van der Waals surface area (Å²) in [5.41, 5.74) is 0. The van der Waals surface area contributed by atoms with Crippen LogP contribution in [0, 0.1) is 0 Å². The first kappa shape index (κ1) is 9.93. The number of nitrogens with zero attached hydrogens (tertiary/aromatic N) is 1. The van der Waals surface area contributed by atoms with Gasteiger partial charge in [-0.1, -0.05) is 12.8 Å². The van der Waals surface area contributed by atoms with Crippen molar-refractivity contribution in [2.45, 2.75) is 37.8 Å². The minimum Gasteiger partial charge on any atom is -0.394 e. The molecule has 1 unspecified atom stereocenters. The Bertz CT molecular complexity index is 213. The second-order valence-electron chi connectivity index (χ2n) is 4.10. The van der Waals surface area contributed by atoms with Crippen LogP contribution in [0.1, 0.15) is 25.7 Å². The number of carbonyl (C=O) groups is 1. The van der Waals surface area contributed by atoms with Gasteiger partial charge in [0.05, 0.1) is 12.7 Å². The highest BCUT2D eigenvalue weighted by atomic mass is 16.5. The molecule has 1 saturated heterocycles. The Morgan fingerprint density at radius 3 is 2.79 bits per heavy atom. The Morgan fingerprint density at radius 2 is 2.14 bits per heavy atom. The van der Waals surface area contributed by atoms with Gasteiger partial charge in [0.25, 0.3) is 0 Å². The fourth-order valence-corrected chi connectivity index (χ4v) is 2.33. The van der Waals surface area contributed by atoms with Crippen molar-refractivity contribution in [3.05, 3.63) is 0 Å². The number of amides is 1. The van der Waals surface area contributed by atoms with E-state index in [9.17, 15) is 4.79 Å². The number of aliphatic hydroxyl groups excluding tert-OH is 1. The lowest BCUT2D eigenvalue weighted by Crippen LogP contribution is -2.51. The summed E-state index contributed by atoms with van der Waals surface area (Å²) in [6.07, 6.45) is 4.50. The smallest absolute Gasteiger partial charge is 0.248 e. The normalized spacial score (nSPS) is 29.9. The third-order valence-corrected chi connectivity index (χ3v) is 3.13. The molecule has 0 spiro atoms. The van der Waals surface area contributed by atoms with E-state index in [1.54, 1.807) is 0 Å². The van der Waals surface area contributed by atoms with Crippen LogP contribution in [0.25, 0.3) is 0 Å². The maximum Gasteiger partial charge on any atom is 0.248 e. The Kier molecular flexibility index (Phi) is 3.03. The zero-order valence-electron chi connectivity index (χ0n) is 8.32. The number of hydrogen-bond acceptors (Lipinski definition) is 3. The van der Waals surface area contributed by atoms with Crippen LogP contribution in [-0.4, -0.2) is 47.8 Å². The van der Waals surface area contributed by atoms with Crippen LogP contribution in [0.5, 0.6) is 0 Å². The fraction of sp³-hybridized carbons (Fsp3) is 0.900. The zero-order valence-corrected chi connectivity index (χ0v) is 8.32. The van der Waals surface area contributed by atoms with Gasteiger partial charge < -0.3 is 14.7 Å². The van der Waals surface area contributed by atoms with Gasteiger partial charge in [-0.05, 0) is 12.8 Å². The molecule has 0 aromatic carbocycles. The van der Waals surface area contributed by atoms with Crippen molar-refractivity contribution in [2.75, 3.05) is 19.8 Å². The molecule has 2 fully saturated rings. The highest BCUT2D eigenvalue weighted by Crippen LogP contribution is 2.25. The van der Waals surface area contributed by atoms with E-state index in [2.05, 4.69) is 0 Å². The van der Waals surface area contributed by atoms with Crippen molar-refractivity contribution in [2.24, 2.45) is 0 Å². The van der Waals surface area contributed by atoms with Gasteiger partial charge in [-0.2, -0.15) is 0 Å². The lowest BCUT2D eigenvalue weighted by Gasteiger charge is -2.36. The minimum atomic E-state index is -0.173. The second-order valence-corrected chi connectivity index (χ2v) is 4.10. The summed E-state index contributed by atoms with van der Waals surface area (Å²) < 4.78 is 5.19. The van der Waals surface area contributed by atoms with E-state index >= 15 is 0 Å². The van der Waals surface area contributed by atoms with Gasteiger partial charge in [0.1, 0.15) is 6.61 Å². The summed E-state index contributed by atoms with van der Waals surface area (Å²) >= 11 is 0. The molecule has 4 nitrogen and oxygen atoms in total. The molecule has 1 heterocycles. The van der Waals surface area contributed by atoms with Gasteiger partial charge in [-0.25, -0.2) is 0 Å². The number of ether oxygens (including phenoxy) is 1. The third-order valence-electron chi connectivity index (χ3n) is 3.13. The summed E-state index contributed by atoms with van der Waals surface area (Å²) in [5, 5.41) is 8.97. The molecule has 14 heavy (non-hydrogen) atoms. The van der Waals surface area contributed by atoms with Crippen LogP contribution >= 0.6 is 0 Å². The molecule has 0 aromatic heterocycles. The molecule has 1 atom stereocenters. The van der Waals surface area contributed by atoms with Gasteiger partial charge in [-0.3, -0.25) is 4.79 Å². The van der Waals surface area contributed by atoms with E-state index in [0.29, 0.717) is 12.6 Å². The first-order valence-electron chi connectivity index (χ1n) is 5.33. The summed E-state index contributed by atoms with van der Waals surface area (Å²) in [4.78, 5) is 13.5. The number of rotatable bonds is 2. The molecule has 0 aromatic rings. The first-order chi connectivity index (χ1) is 6.81. The fourth-order valence-electron chi connectivity index (χ4n) is 2.33. The van der Waals surface area contributed by atoms with Crippen LogP contribution in [0.3, 0.4) is 0 Å². The molecule has 1 amide bonds. The summed E-state index contributed by atoms with van der Waals surface area (Å²) in [5.74, 6) is 0.0848. The maximum absolute atomic E-state index is 11.6. The SMILES string of the molecule is O=C1COC(CO)CN1C1CCCC1. The highest BCUT2D eigenvalue weighted by molar-refractivity contribution is 5.78. The summed E-state index contributed by atoms with van der Waals surface area (Å²) in [7, 11) is 0. The van der Waals surface area contributed by atoms with Crippen LogP contribution in [0.2, 0.25) is 0 Å². The van der Waals surface area contributed by atoms with Crippen molar-refractivity contribution in [1.82, 2.24) is 4.90 Å². The molecule has 0 bridgehead atoms. The maximum atomic E-state index is 11.6. The molecule has 2 rings (SSSR count). The van der Waals surface area contributed by atoms with Gasteiger partial charge in [-0.15, -0.1) is 0 Å². The Balaban J connectivity index is 1.96. The largest absolute Gasteiger partial charge is 0.394 e. The predicted octanol–water partition coefficient (Wildman–Crippen LogP) is 0.149. The van der Waals surface area contributed by atoms with Crippen LogP contribution < -0.4 is 0 Å². The van der Waals surface area contributed by atoms with Crippen molar-refractivity contribution in [3.63, 3.8) is 0 Å². The highest BCUT2D eigenvalue weighted by Gasteiger charge is 2.32. The predicted molar refractivity (Wildman–Crippen MR) is 50.8 cm³/mol. The van der Waals surface area contributed by atoms with Crippen LogP contribution in [-0.2, 0) is 9.53 Å². The monoisotopic (exact) mass is 199 g/mol. The number of carbonyl (C=O) groups excluding carboxylic acids is 1. The lowest BCUT2D eigenvalue weighted by molar-refractivity contribution is -0.154. The molecule has 4 heteroatoms. The van der Waals surface area contributed by atoms with Crippen molar-refractivity contribution in [3.8, 4) is 0 Å². The van der Waals surface area contributed by atoms with Crippen molar-refractivity contribution >= 4 is 5.91 Å². The van der Waals surface area contributed by atoms with Gasteiger partial charge in [0.2, 0.25) is 5.91 Å². The molecular weight excluding hydrogens is 182 g/mol. The van der Waals surface area contributed by atoms with Gasteiger partial charge >= 0.3 is 0 Å². The molecule has 1 N–H and O–H groups in total. The Hall–Kier alpha value is -0.610. The molecular formula is C10H17NO3. The molecule has 2 aliphatic rings. The number of aliphatic hydroxyl groups is 1. The quantitative estimate of drug-likeness (QED) is 0.688. The van der Waals surface area contributed by atoms with E-state index in [4.69, 9.17) is 9.84 Å². The molecule has 1 aliphatic carbocycles. The topological polar surface area (TPSA) is 49.8 Å². The van der Waals surface area contributed by atoms with Gasteiger partial charge in [0.15, 0.2) is 0 Å². The van der Waals surface area contributed by atoms with Crippen LogP contribution in [0.4, 0.5) is 0 Å². The second kappa shape index (κ2) is 4.28. The van der Waals surface area contributed by atoms with E-state index in [0.717, 1.165) is 12.8 Å². The van der Waals surface area contributed by atoms with Crippen molar-refractivity contribution in [1.29, 1.82) is 0 Å². The average Bonchev–Trinajstić information content (AvgIpc) is 2.71. The number of hydrogen-bond donors (Lipinski definition) is 1. The van der Waals surface area contributed by atoms with E-state index in [1.165, 1.54) is 12.8 Å².